The van der Waals surface area contributed by atoms with E-state index in [0.717, 1.165) is 0 Å². The molecule has 0 amide bonds. The Morgan fingerprint density at radius 1 is 0.639 bits per heavy atom. The molecule has 4 rings (SSSR count). The van der Waals surface area contributed by atoms with Gasteiger partial charge in [-0.2, -0.15) is 30.3 Å². The fourth-order valence-electron chi connectivity index (χ4n) is 3.73. The van der Waals surface area contributed by atoms with Crippen LogP contribution in [-0.4, -0.2) is 27.8 Å². The van der Waals surface area contributed by atoms with Crippen LogP contribution in [0.3, 0.4) is 0 Å². The van der Waals surface area contributed by atoms with E-state index in [1.54, 1.807) is 12.4 Å². The van der Waals surface area contributed by atoms with E-state index < -0.39 is 23.4 Å². The van der Waals surface area contributed by atoms with Gasteiger partial charge in [-0.25, -0.2) is 0 Å². The molecule has 1 aromatic heterocycles. The molecule has 0 aliphatic carbocycles. The average molecular weight is 580 g/mol. The van der Waals surface area contributed by atoms with Crippen molar-refractivity contribution >= 4 is 45.6 Å². The van der Waals surface area contributed by atoms with Crippen LogP contribution in [0.2, 0.25) is 39.3 Å². The van der Waals surface area contributed by atoms with Crippen molar-refractivity contribution < 1.29 is 19.5 Å². The van der Waals surface area contributed by atoms with Crippen LogP contribution in [0.4, 0.5) is 0 Å². The Kier molecular flexibility index (Phi) is 13.8. The van der Waals surface area contributed by atoms with Gasteiger partial charge in [0, 0.05) is 12.4 Å². The monoisotopic (exact) mass is 578 g/mol. The summed E-state index contributed by atoms with van der Waals surface area (Å²) in [7, 11) is -2.21. The number of hydrogen-bond acceptors (Lipinski definition) is 1. The summed E-state index contributed by atoms with van der Waals surface area (Å²) < 4.78 is 4.82. The Morgan fingerprint density at radius 2 is 1.06 bits per heavy atom. The van der Waals surface area contributed by atoms with Crippen LogP contribution in [0.5, 0.6) is 0 Å². The van der Waals surface area contributed by atoms with Crippen LogP contribution in [0.1, 0.15) is 0 Å². The summed E-state index contributed by atoms with van der Waals surface area (Å²) in [6, 6.07) is 38.4. The van der Waals surface area contributed by atoms with Crippen LogP contribution in [0.15, 0.2) is 116 Å². The van der Waals surface area contributed by atoms with Gasteiger partial charge in [0.25, 0.3) is 0 Å². The van der Waals surface area contributed by atoms with Gasteiger partial charge in [-0.05, 0) is 22.7 Å². The van der Waals surface area contributed by atoms with Crippen LogP contribution < -0.4 is 15.9 Å². The summed E-state index contributed by atoms with van der Waals surface area (Å²) in [5, 5.41) is 3.76. The Hall–Kier alpha value is -1.87. The van der Waals surface area contributed by atoms with Gasteiger partial charge in [-0.1, -0.05) is 136 Å². The maximum Gasteiger partial charge on any atom is 2.00 e. The molecule has 0 radical (unpaired) electrons. The first-order valence-electron chi connectivity index (χ1n) is 11.9. The van der Waals surface area contributed by atoms with E-state index in [2.05, 4.69) is 117 Å². The first-order chi connectivity index (χ1) is 16.5. The molecule has 3 aromatic carbocycles. The van der Waals surface area contributed by atoms with Crippen molar-refractivity contribution in [3.63, 3.8) is 0 Å². The molecule has 2 nitrogen and oxygen atoms in total. The third kappa shape index (κ3) is 11.5. The molecule has 0 fully saturated rings. The number of pyridine rings is 1. The van der Waals surface area contributed by atoms with Crippen molar-refractivity contribution in [3.8, 4) is 0 Å². The van der Waals surface area contributed by atoms with Gasteiger partial charge < -0.3 is 4.65 Å². The molecule has 6 heteroatoms. The molecule has 1 heterocycles. The van der Waals surface area contributed by atoms with E-state index in [-0.39, 0.29) is 19.5 Å². The zero-order valence-electron chi connectivity index (χ0n) is 22.7. The van der Waals surface area contributed by atoms with Crippen molar-refractivity contribution in [2.75, 3.05) is 0 Å². The molecule has 0 N–H and O–H groups in total. The number of rotatable bonds is 5. The number of nitrogens with zero attached hydrogens (tertiary/aromatic N) is 2. The average Bonchev–Trinajstić information content (AvgIpc) is 2.85. The van der Waals surface area contributed by atoms with E-state index in [4.69, 9.17) is 4.65 Å². The maximum atomic E-state index is 4.82. The Bertz CT molecular complexity index is 1000. The van der Waals surface area contributed by atoms with Crippen LogP contribution >= 0.6 is 6.89 Å². The predicted octanol–water partition coefficient (Wildman–Crippen LogP) is 7.32. The molecule has 0 saturated heterocycles. The topological polar surface area (TPSA) is 27.0 Å². The third-order valence-electron chi connectivity index (χ3n) is 4.74. The fraction of sp³-hybridized carbons (Fsp3) is 0.200. The minimum absolute atomic E-state index is 0. The summed E-state index contributed by atoms with van der Waals surface area (Å²) in [6.45, 7) is 11.9. The van der Waals surface area contributed by atoms with Crippen molar-refractivity contribution in [2.45, 2.75) is 39.3 Å². The second-order valence-electron chi connectivity index (χ2n) is 10.2. The number of aromatic nitrogens is 1. The molecule has 0 aliphatic rings. The van der Waals surface area contributed by atoms with E-state index in [9.17, 15) is 0 Å². The minimum atomic E-state index is -1.83. The second-order valence-corrected chi connectivity index (χ2v) is 22.9. The number of hydrogen-bond donors (Lipinski definition) is 0. The molecular formula is C30H39N2PSi2Zn. The molecule has 0 spiro atoms. The van der Waals surface area contributed by atoms with Crippen molar-refractivity contribution in [3.05, 3.63) is 126 Å². The van der Waals surface area contributed by atoms with Gasteiger partial charge in [-0.3, -0.25) is 4.98 Å². The molecule has 0 bridgehead atoms. The van der Waals surface area contributed by atoms with Gasteiger partial charge in [0.2, 0.25) is 0 Å². The van der Waals surface area contributed by atoms with E-state index in [1.807, 2.05) is 42.5 Å². The largest absolute Gasteiger partial charge is 2.00 e. The Morgan fingerprint density at radius 3 is 1.33 bits per heavy atom. The molecule has 184 valence electrons. The van der Waals surface area contributed by atoms with E-state index >= 15 is 0 Å². The predicted molar refractivity (Wildman–Crippen MR) is 165 cm³/mol. The Labute approximate surface area is 234 Å². The van der Waals surface area contributed by atoms with E-state index in [1.165, 1.54) is 15.9 Å². The molecule has 0 aliphatic heterocycles. The normalized spacial score (nSPS) is 11.1. The zero-order chi connectivity index (χ0) is 25.8. The van der Waals surface area contributed by atoms with Gasteiger partial charge >= 0.3 is 19.5 Å². The quantitative estimate of drug-likeness (QED) is 0.138. The van der Waals surface area contributed by atoms with Crippen LogP contribution in [0.25, 0.3) is 4.65 Å². The first kappa shape index (κ1) is 32.2. The van der Waals surface area contributed by atoms with Crippen molar-refractivity contribution in [2.24, 2.45) is 0 Å². The van der Waals surface area contributed by atoms with Crippen LogP contribution in [0, 0.1) is 6.07 Å². The second kappa shape index (κ2) is 15.4. The molecule has 4 aromatic rings. The number of benzene rings is 3. The van der Waals surface area contributed by atoms with Crippen LogP contribution in [-0.2, 0) is 19.5 Å². The SMILES string of the molecule is C=P(c1[c-]cccc1)(c1ccccc1)c1ccccc1.C[Si](C)(C)[N-][Si](C)(C)C.[Zn+2].c1ccncc1. The zero-order valence-corrected chi connectivity index (χ0v) is 28.6. The van der Waals surface area contributed by atoms with Crippen molar-refractivity contribution in [1.29, 1.82) is 0 Å². The van der Waals surface area contributed by atoms with Gasteiger partial charge in [0.15, 0.2) is 0 Å². The van der Waals surface area contributed by atoms with Gasteiger partial charge in [-0.15, -0.1) is 5.30 Å². The molecular weight excluding hydrogens is 541 g/mol. The van der Waals surface area contributed by atoms with E-state index in [0.29, 0.717) is 0 Å². The summed E-state index contributed by atoms with van der Waals surface area (Å²) >= 11 is 0. The summed E-state index contributed by atoms with van der Waals surface area (Å²) in [5.74, 6) is 0. The van der Waals surface area contributed by atoms with Crippen molar-refractivity contribution in [1.82, 2.24) is 4.98 Å². The summed E-state index contributed by atoms with van der Waals surface area (Å²) in [6.07, 6.45) is 8.16. The first-order valence-corrected chi connectivity index (χ1v) is 20.8. The Balaban J connectivity index is 0.000000337. The maximum absolute atomic E-state index is 4.82. The van der Waals surface area contributed by atoms with Gasteiger partial charge in [0.1, 0.15) is 0 Å². The third-order valence-corrected chi connectivity index (χ3v) is 13.6. The molecule has 0 atom stereocenters. The summed E-state index contributed by atoms with van der Waals surface area (Å²) in [4.78, 5) is 3.78. The van der Waals surface area contributed by atoms with Gasteiger partial charge in [0.05, 0.1) is 0 Å². The fourth-order valence-corrected chi connectivity index (χ4v) is 14.6. The minimum Gasteiger partial charge on any atom is -0.668 e. The summed E-state index contributed by atoms with van der Waals surface area (Å²) in [5.41, 5.74) is 0. The standard InChI is InChI=1S/C19H16P.C6H18NSi2.C5H5N.Zn/c1-20(17-11-5-2-6-12-17,18-13-7-3-8-14-18)19-15-9-4-10-16-19;1-8(2,3)7-9(4,5)6;1-2-4-6-5-3-1;/h2-15H,1H2;1-6H3;1-5H;/q2*-1;;+2. The smallest absolute Gasteiger partial charge is 0.668 e. The molecule has 0 saturated carbocycles. The molecule has 0 unspecified atom stereocenters. The molecule has 36 heavy (non-hydrogen) atoms.